The molecule has 0 saturated carbocycles. The van der Waals surface area contributed by atoms with Gasteiger partial charge in [-0.25, -0.2) is 0 Å². The van der Waals surface area contributed by atoms with Gasteiger partial charge in [0.25, 0.3) is 17.1 Å². The Kier molecular flexibility index (Phi) is 6.93. The fourth-order valence-corrected chi connectivity index (χ4v) is 4.51. The molecule has 0 spiro atoms. The summed E-state index contributed by atoms with van der Waals surface area (Å²) < 4.78 is 16.5. The van der Waals surface area contributed by atoms with Crippen molar-refractivity contribution in [3.63, 3.8) is 0 Å². The van der Waals surface area contributed by atoms with E-state index in [1.54, 1.807) is 30.3 Å². The van der Waals surface area contributed by atoms with Crippen molar-refractivity contribution in [3.05, 3.63) is 64.3 Å². The molecular formula is C25H24N2O6S. The third-order valence-electron chi connectivity index (χ3n) is 5.33. The van der Waals surface area contributed by atoms with E-state index in [-0.39, 0.29) is 24.1 Å². The van der Waals surface area contributed by atoms with Crippen LogP contribution in [0.2, 0.25) is 0 Å². The number of hydrogen-bond donors (Lipinski definition) is 1. The molecule has 0 bridgehead atoms. The van der Waals surface area contributed by atoms with Gasteiger partial charge in [-0.3, -0.25) is 19.3 Å². The van der Waals surface area contributed by atoms with E-state index in [0.29, 0.717) is 34.2 Å². The Morgan fingerprint density at radius 2 is 1.97 bits per heavy atom. The van der Waals surface area contributed by atoms with Crippen molar-refractivity contribution < 1.29 is 28.3 Å². The fourth-order valence-electron chi connectivity index (χ4n) is 3.65. The van der Waals surface area contributed by atoms with Gasteiger partial charge < -0.3 is 19.2 Å². The number of carbonyl (C=O) groups is 3. The summed E-state index contributed by atoms with van der Waals surface area (Å²) in [7, 11) is 1.54. The van der Waals surface area contributed by atoms with Gasteiger partial charge in [0, 0.05) is 24.0 Å². The molecule has 2 aromatic carbocycles. The summed E-state index contributed by atoms with van der Waals surface area (Å²) >= 11 is 0.860. The molecule has 2 heterocycles. The molecule has 1 saturated heterocycles. The molecule has 1 aliphatic heterocycles. The summed E-state index contributed by atoms with van der Waals surface area (Å²) in [6, 6.07) is 12.7. The number of hydrogen-bond acceptors (Lipinski definition) is 7. The lowest BCUT2D eigenvalue weighted by atomic mass is 10.1. The molecule has 1 fully saturated rings. The summed E-state index contributed by atoms with van der Waals surface area (Å²) in [6.07, 6.45) is 1.64. The third kappa shape index (κ3) is 4.65. The van der Waals surface area contributed by atoms with Crippen LogP contribution in [0.15, 0.2) is 51.8 Å². The van der Waals surface area contributed by atoms with Gasteiger partial charge in [0.05, 0.1) is 18.6 Å². The lowest BCUT2D eigenvalue weighted by Gasteiger charge is -2.12. The molecule has 9 heteroatoms. The van der Waals surface area contributed by atoms with Crippen LogP contribution < -0.4 is 14.8 Å². The zero-order valence-electron chi connectivity index (χ0n) is 19.0. The van der Waals surface area contributed by atoms with E-state index >= 15 is 0 Å². The third-order valence-corrected chi connectivity index (χ3v) is 6.24. The van der Waals surface area contributed by atoms with Crippen LogP contribution in [0.5, 0.6) is 11.5 Å². The number of amides is 3. The van der Waals surface area contributed by atoms with E-state index in [1.165, 1.54) is 7.11 Å². The number of fused-ring (bicyclic) bond motifs is 1. The van der Waals surface area contributed by atoms with Crippen molar-refractivity contribution in [1.82, 2.24) is 10.2 Å². The van der Waals surface area contributed by atoms with Crippen molar-refractivity contribution in [2.45, 2.75) is 13.8 Å². The maximum absolute atomic E-state index is 12.8. The van der Waals surface area contributed by atoms with Crippen molar-refractivity contribution in [2.24, 2.45) is 0 Å². The van der Waals surface area contributed by atoms with Crippen molar-refractivity contribution in [3.8, 4) is 11.5 Å². The van der Waals surface area contributed by atoms with E-state index < -0.39 is 11.8 Å². The van der Waals surface area contributed by atoms with Gasteiger partial charge in [0.2, 0.25) is 0 Å². The number of ether oxygens (including phenoxy) is 2. The SMILES string of the molecule is CCOc1ccc(/C=C2\SC(=O)N(CCNC(=O)c3oc4ccccc4c3C)C2=O)cc1OC. The number of carbonyl (C=O) groups excluding carboxylic acids is 3. The highest BCUT2D eigenvalue weighted by molar-refractivity contribution is 8.18. The number of aryl methyl sites for hydroxylation is 1. The van der Waals surface area contributed by atoms with Crippen molar-refractivity contribution in [1.29, 1.82) is 0 Å². The number of rotatable bonds is 8. The highest BCUT2D eigenvalue weighted by Gasteiger charge is 2.34. The van der Waals surface area contributed by atoms with Crippen molar-refractivity contribution in [2.75, 3.05) is 26.8 Å². The molecule has 4 rings (SSSR count). The van der Waals surface area contributed by atoms with Crippen LogP contribution in [0.25, 0.3) is 17.0 Å². The molecule has 8 nitrogen and oxygen atoms in total. The van der Waals surface area contributed by atoms with Crippen LogP contribution in [0.3, 0.4) is 0 Å². The summed E-state index contributed by atoms with van der Waals surface area (Å²) in [5.41, 5.74) is 2.08. The van der Waals surface area contributed by atoms with Crippen LogP contribution >= 0.6 is 11.8 Å². The Morgan fingerprint density at radius 3 is 2.71 bits per heavy atom. The number of para-hydroxylation sites is 1. The van der Waals surface area contributed by atoms with E-state index in [2.05, 4.69) is 5.32 Å². The Balaban J connectivity index is 1.40. The van der Waals surface area contributed by atoms with E-state index in [9.17, 15) is 14.4 Å². The van der Waals surface area contributed by atoms with Gasteiger partial charge in [-0.15, -0.1) is 0 Å². The second kappa shape index (κ2) is 10.0. The van der Waals surface area contributed by atoms with Gasteiger partial charge in [-0.1, -0.05) is 24.3 Å². The maximum Gasteiger partial charge on any atom is 0.293 e. The Bertz CT molecular complexity index is 1300. The molecule has 0 aliphatic carbocycles. The molecule has 176 valence electrons. The summed E-state index contributed by atoms with van der Waals surface area (Å²) in [5, 5.41) is 3.21. The second-order valence-electron chi connectivity index (χ2n) is 7.48. The molecule has 3 aromatic rings. The van der Waals surface area contributed by atoms with E-state index in [0.717, 1.165) is 27.6 Å². The zero-order chi connectivity index (χ0) is 24.2. The number of benzene rings is 2. The lowest BCUT2D eigenvalue weighted by molar-refractivity contribution is -0.122. The average molecular weight is 481 g/mol. The van der Waals surface area contributed by atoms with Crippen LogP contribution in [-0.4, -0.2) is 48.8 Å². The minimum atomic E-state index is -0.406. The molecule has 1 aliphatic rings. The van der Waals surface area contributed by atoms with Gasteiger partial charge in [0.1, 0.15) is 5.58 Å². The van der Waals surface area contributed by atoms with Gasteiger partial charge in [-0.05, 0) is 55.4 Å². The van der Waals surface area contributed by atoms with Crippen LogP contribution in [0, 0.1) is 6.92 Å². The first kappa shape index (κ1) is 23.4. The molecular weight excluding hydrogens is 456 g/mol. The Morgan fingerprint density at radius 1 is 1.18 bits per heavy atom. The predicted molar refractivity (Wildman–Crippen MR) is 130 cm³/mol. The number of thioether (sulfide) groups is 1. The normalized spacial score (nSPS) is 14.8. The first-order valence-corrected chi connectivity index (χ1v) is 11.6. The maximum atomic E-state index is 12.8. The van der Waals surface area contributed by atoms with Crippen LogP contribution in [0.4, 0.5) is 4.79 Å². The molecule has 0 unspecified atom stereocenters. The largest absolute Gasteiger partial charge is 0.493 e. The predicted octanol–water partition coefficient (Wildman–Crippen LogP) is 4.61. The molecule has 0 atom stereocenters. The van der Waals surface area contributed by atoms with Gasteiger partial charge in [-0.2, -0.15) is 0 Å². The average Bonchev–Trinajstić information content (AvgIpc) is 3.31. The quantitative estimate of drug-likeness (QED) is 0.470. The van der Waals surface area contributed by atoms with Crippen LogP contribution in [0.1, 0.15) is 28.6 Å². The molecule has 0 radical (unpaired) electrons. The highest BCUT2D eigenvalue weighted by Crippen LogP contribution is 2.34. The molecule has 34 heavy (non-hydrogen) atoms. The lowest BCUT2D eigenvalue weighted by Crippen LogP contribution is -2.37. The van der Waals surface area contributed by atoms with Crippen molar-refractivity contribution >= 4 is 45.9 Å². The number of imide groups is 1. The molecule has 3 amide bonds. The van der Waals surface area contributed by atoms with Crippen LogP contribution in [-0.2, 0) is 4.79 Å². The first-order chi connectivity index (χ1) is 16.4. The summed E-state index contributed by atoms with van der Waals surface area (Å²) in [4.78, 5) is 39.2. The van der Waals surface area contributed by atoms with E-state index in [4.69, 9.17) is 13.9 Å². The Labute approximate surface area is 200 Å². The van der Waals surface area contributed by atoms with Gasteiger partial charge in [0.15, 0.2) is 17.3 Å². The monoisotopic (exact) mass is 480 g/mol. The standard InChI is InChI=1S/C25H24N2O6S/c1-4-32-19-10-9-16(13-20(19)31-3)14-21-24(29)27(25(30)34-21)12-11-26-23(28)22-15(2)17-7-5-6-8-18(17)33-22/h5-10,13-14H,4,11-12H2,1-3H3,(H,26,28)/b21-14-. The highest BCUT2D eigenvalue weighted by atomic mass is 32.2. The number of nitrogens with one attached hydrogen (secondary N) is 1. The topological polar surface area (TPSA) is 98.1 Å². The fraction of sp³-hybridized carbons (Fsp3) is 0.240. The second-order valence-corrected chi connectivity index (χ2v) is 8.48. The molecule has 1 aromatic heterocycles. The number of furan rings is 1. The summed E-state index contributed by atoms with van der Waals surface area (Å²) in [6.45, 7) is 4.36. The summed E-state index contributed by atoms with van der Waals surface area (Å²) in [5.74, 6) is 0.568. The minimum Gasteiger partial charge on any atom is -0.493 e. The molecule has 1 N–H and O–H groups in total. The Hall–Kier alpha value is -3.72. The van der Waals surface area contributed by atoms with E-state index in [1.807, 2.05) is 32.0 Å². The number of methoxy groups -OCH3 is 1. The minimum absolute atomic E-state index is 0.0552. The smallest absolute Gasteiger partial charge is 0.293 e. The van der Waals surface area contributed by atoms with Gasteiger partial charge >= 0.3 is 0 Å². The first-order valence-electron chi connectivity index (χ1n) is 10.8. The number of nitrogens with zero attached hydrogens (tertiary/aromatic N) is 1. The zero-order valence-corrected chi connectivity index (χ0v) is 19.9.